The molecule has 1 aromatic rings. The van der Waals surface area contributed by atoms with Crippen molar-refractivity contribution in [3.05, 3.63) is 24.3 Å². The van der Waals surface area contributed by atoms with Gasteiger partial charge in [-0.05, 0) is 31.0 Å². The Morgan fingerprint density at radius 2 is 2.10 bits per heavy atom. The Hall–Kier alpha value is -0.760. The summed E-state index contributed by atoms with van der Waals surface area (Å²) in [5, 5.41) is 0. The van der Waals surface area contributed by atoms with Gasteiger partial charge in [0.15, 0.2) is 0 Å². The number of nitrogens with one attached hydrogen (secondary N) is 1. The molecule has 2 rings (SSSR count). The third-order valence-corrected chi connectivity index (χ3v) is 5.73. The average Bonchev–Trinajstić information content (AvgIpc) is 2.39. The van der Waals surface area contributed by atoms with Gasteiger partial charge in [-0.2, -0.15) is 0 Å². The normalized spacial score (nSPS) is 17.2. The molecular formula is C13H20N2O3S2. The Balaban J connectivity index is 1.77. The molecule has 0 bridgehead atoms. The molecule has 0 spiro atoms. The zero-order chi connectivity index (χ0) is 14.4. The van der Waals surface area contributed by atoms with E-state index in [1.807, 2.05) is 24.3 Å². The zero-order valence-corrected chi connectivity index (χ0v) is 12.9. The number of thioether (sulfide) groups is 1. The molecule has 0 aromatic heterocycles. The van der Waals surface area contributed by atoms with Crippen molar-refractivity contribution in [2.75, 3.05) is 30.5 Å². The molecule has 20 heavy (non-hydrogen) atoms. The summed E-state index contributed by atoms with van der Waals surface area (Å²) in [4.78, 5) is 0.992. The van der Waals surface area contributed by atoms with Crippen molar-refractivity contribution in [3.63, 3.8) is 0 Å². The maximum atomic E-state index is 12.0. The summed E-state index contributed by atoms with van der Waals surface area (Å²) in [5.74, 6) is 0.631. The van der Waals surface area contributed by atoms with Crippen molar-refractivity contribution in [2.45, 2.75) is 23.8 Å². The van der Waals surface area contributed by atoms with Crippen molar-refractivity contribution in [1.82, 2.24) is 4.72 Å². The largest absolute Gasteiger partial charge is 0.399 e. The SMILES string of the molecule is Nc1cccc(SCCS(=O)(=O)NC2CCOCC2)c1. The van der Waals surface area contributed by atoms with Gasteiger partial charge in [-0.1, -0.05) is 6.07 Å². The Bertz CT molecular complexity index is 528. The van der Waals surface area contributed by atoms with Gasteiger partial charge < -0.3 is 10.5 Å². The van der Waals surface area contributed by atoms with Crippen molar-refractivity contribution >= 4 is 27.5 Å². The van der Waals surface area contributed by atoms with Gasteiger partial charge in [0.25, 0.3) is 0 Å². The molecule has 7 heteroatoms. The number of rotatable bonds is 6. The zero-order valence-electron chi connectivity index (χ0n) is 11.2. The van der Waals surface area contributed by atoms with E-state index in [0.29, 0.717) is 24.7 Å². The second kappa shape index (κ2) is 7.31. The van der Waals surface area contributed by atoms with Crippen LogP contribution >= 0.6 is 11.8 Å². The number of hydrogen-bond donors (Lipinski definition) is 2. The quantitative estimate of drug-likeness (QED) is 0.613. The molecule has 0 saturated carbocycles. The van der Waals surface area contributed by atoms with Gasteiger partial charge in [0.2, 0.25) is 10.0 Å². The standard InChI is InChI=1S/C13H20N2O3S2/c14-11-2-1-3-13(10-11)19-8-9-20(16,17)15-12-4-6-18-7-5-12/h1-3,10,12,15H,4-9,14H2. The number of hydrogen-bond acceptors (Lipinski definition) is 5. The van der Waals surface area contributed by atoms with Crippen molar-refractivity contribution < 1.29 is 13.2 Å². The van der Waals surface area contributed by atoms with Crippen LogP contribution in [0.3, 0.4) is 0 Å². The van der Waals surface area contributed by atoms with Crippen LogP contribution in [0.15, 0.2) is 29.2 Å². The molecule has 1 aliphatic heterocycles. The Morgan fingerprint density at radius 1 is 1.35 bits per heavy atom. The van der Waals surface area contributed by atoms with Gasteiger partial charge in [0.1, 0.15) is 0 Å². The number of sulfonamides is 1. The van der Waals surface area contributed by atoms with Gasteiger partial charge in [0.05, 0.1) is 5.75 Å². The summed E-state index contributed by atoms with van der Waals surface area (Å²) in [7, 11) is -3.22. The topological polar surface area (TPSA) is 81.4 Å². The molecule has 1 saturated heterocycles. The van der Waals surface area contributed by atoms with Crippen LogP contribution in [-0.4, -0.2) is 39.2 Å². The van der Waals surface area contributed by atoms with Crippen molar-refractivity contribution in [3.8, 4) is 0 Å². The molecule has 1 aliphatic rings. The third kappa shape index (κ3) is 5.32. The van der Waals surface area contributed by atoms with E-state index >= 15 is 0 Å². The second-order valence-electron chi connectivity index (χ2n) is 4.74. The molecule has 1 aromatic carbocycles. The van der Waals surface area contributed by atoms with E-state index in [-0.39, 0.29) is 11.8 Å². The first-order chi connectivity index (χ1) is 9.55. The molecule has 5 nitrogen and oxygen atoms in total. The first-order valence-corrected chi connectivity index (χ1v) is 9.25. The number of nitrogen functional groups attached to an aromatic ring is 1. The summed E-state index contributed by atoms with van der Waals surface area (Å²) in [6, 6.07) is 7.48. The van der Waals surface area contributed by atoms with E-state index in [1.54, 1.807) is 0 Å². The van der Waals surface area contributed by atoms with Crippen LogP contribution in [0.25, 0.3) is 0 Å². The summed E-state index contributed by atoms with van der Waals surface area (Å²) in [5.41, 5.74) is 6.38. The first kappa shape index (κ1) is 15.6. The fraction of sp³-hybridized carbons (Fsp3) is 0.538. The van der Waals surface area contributed by atoms with Crippen LogP contribution in [0.1, 0.15) is 12.8 Å². The fourth-order valence-corrected chi connectivity index (χ4v) is 4.70. The van der Waals surface area contributed by atoms with E-state index in [9.17, 15) is 8.42 Å². The Morgan fingerprint density at radius 3 is 2.80 bits per heavy atom. The minimum absolute atomic E-state index is 0.0196. The highest BCUT2D eigenvalue weighted by Crippen LogP contribution is 2.20. The second-order valence-corrected chi connectivity index (χ2v) is 7.79. The lowest BCUT2D eigenvalue weighted by Crippen LogP contribution is -2.40. The molecule has 0 unspecified atom stereocenters. The molecule has 1 fully saturated rings. The molecular weight excluding hydrogens is 296 g/mol. The van der Waals surface area contributed by atoms with Crippen LogP contribution in [0.4, 0.5) is 5.69 Å². The summed E-state index contributed by atoms with van der Waals surface area (Å²) in [6.45, 7) is 1.26. The highest BCUT2D eigenvalue weighted by Gasteiger charge is 2.20. The van der Waals surface area contributed by atoms with Crippen LogP contribution < -0.4 is 10.5 Å². The average molecular weight is 316 g/mol. The molecule has 0 radical (unpaired) electrons. The predicted octanol–water partition coefficient (Wildman–Crippen LogP) is 1.46. The van der Waals surface area contributed by atoms with E-state index < -0.39 is 10.0 Å². The Kier molecular flexibility index (Phi) is 5.71. The molecule has 0 amide bonds. The number of benzene rings is 1. The maximum absolute atomic E-state index is 12.0. The summed E-state index contributed by atoms with van der Waals surface area (Å²) >= 11 is 1.50. The Labute approximate surface area is 124 Å². The first-order valence-electron chi connectivity index (χ1n) is 6.61. The summed E-state index contributed by atoms with van der Waals surface area (Å²) in [6.07, 6.45) is 1.50. The maximum Gasteiger partial charge on any atom is 0.212 e. The van der Waals surface area contributed by atoms with Crippen LogP contribution in [0.5, 0.6) is 0 Å². The molecule has 0 atom stereocenters. The van der Waals surface area contributed by atoms with Crippen LogP contribution in [0, 0.1) is 0 Å². The van der Waals surface area contributed by atoms with Crippen LogP contribution in [-0.2, 0) is 14.8 Å². The minimum Gasteiger partial charge on any atom is -0.399 e. The van der Waals surface area contributed by atoms with E-state index in [1.165, 1.54) is 11.8 Å². The molecule has 1 heterocycles. The highest BCUT2D eigenvalue weighted by molar-refractivity contribution is 8.00. The molecule has 112 valence electrons. The smallest absolute Gasteiger partial charge is 0.212 e. The fourth-order valence-electron chi connectivity index (χ4n) is 2.00. The van der Waals surface area contributed by atoms with Gasteiger partial charge in [0, 0.05) is 35.6 Å². The van der Waals surface area contributed by atoms with Crippen LogP contribution in [0.2, 0.25) is 0 Å². The lowest BCUT2D eigenvalue weighted by molar-refractivity contribution is 0.0832. The van der Waals surface area contributed by atoms with Gasteiger partial charge in [-0.3, -0.25) is 0 Å². The predicted molar refractivity (Wildman–Crippen MR) is 82.3 cm³/mol. The number of anilines is 1. The number of nitrogens with two attached hydrogens (primary N) is 1. The lowest BCUT2D eigenvalue weighted by atomic mass is 10.1. The molecule has 0 aliphatic carbocycles. The van der Waals surface area contributed by atoms with Gasteiger partial charge in [-0.15, -0.1) is 11.8 Å². The van der Waals surface area contributed by atoms with E-state index in [2.05, 4.69) is 4.72 Å². The monoisotopic (exact) mass is 316 g/mol. The number of ether oxygens (including phenoxy) is 1. The van der Waals surface area contributed by atoms with E-state index in [0.717, 1.165) is 17.7 Å². The highest BCUT2D eigenvalue weighted by atomic mass is 32.2. The van der Waals surface area contributed by atoms with Crippen molar-refractivity contribution in [1.29, 1.82) is 0 Å². The lowest BCUT2D eigenvalue weighted by Gasteiger charge is -2.22. The minimum atomic E-state index is -3.22. The summed E-state index contributed by atoms with van der Waals surface area (Å²) < 4.78 is 31.9. The van der Waals surface area contributed by atoms with Crippen molar-refractivity contribution in [2.24, 2.45) is 0 Å². The van der Waals surface area contributed by atoms with Gasteiger partial charge >= 0.3 is 0 Å². The molecule has 3 N–H and O–H groups in total. The third-order valence-electron chi connectivity index (χ3n) is 3.05. The van der Waals surface area contributed by atoms with E-state index in [4.69, 9.17) is 10.5 Å². The van der Waals surface area contributed by atoms with Gasteiger partial charge in [-0.25, -0.2) is 13.1 Å².